The third-order valence-electron chi connectivity index (χ3n) is 2.73. The van der Waals surface area contributed by atoms with Gasteiger partial charge in [0.05, 0.1) is 4.90 Å². The maximum Gasteiger partial charge on any atom is 0.238 e. The highest BCUT2D eigenvalue weighted by molar-refractivity contribution is 9.10. The second-order valence-electron chi connectivity index (χ2n) is 4.17. The van der Waals surface area contributed by atoms with Gasteiger partial charge >= 0.3 is 0 Å². The number of benzene rings is 2. The fourth-order valence-corrected chi connectivity index (χ4v) is 2.88. The smallest absolute Gasteiger partial charge is 0.238 e. The number of rotatable bonds is 4. The van der Waals surface area contributed by atoms with E-state index in [9.17, 15) is 13.5 Å². The molecular formula is C13H13BrN2O3S. The molecule has 0 spiro atoms. The number of primary sulfonamides is 1. The topological polar surface area (TPSA) is 92.4 Å². The zero-order valence-corrected chi connectivity index (χ0v) is 12.8. The molecule has 0 aliphatic rings. The number of aromatic hydroxyl groups is 1. The molecule has 2 aromatic carbocycles. The number of phenols is 1. The lowest BCUT2D eigenvalue weighted by atomic mass is 10.2. The molecule has 106 valence electrons. The number of sulfonamides is 1. The van der Waals surface area contributed by atoms with Crippen LogP contribution in [0.4, 0.5) is 5.69 Å². The molecule has 0 saturated heterocycles. The summed E-state index contributed by atoms with van der Waals surface area (Å²) in [5.41, 5.74) is 1.45. The number of nitrogens with two attached hydrogens (primary N) is 1. The average molecular weight is 357 g/mol. The van der Waals surface area contributed by atoms with Gasteiger partial charge in [0.25, 0.3) is 0 Å². The number of hydrogen-bond acceptors (Lipinski definition) is 4. The first kappa shape index (κ1) is 14.8. The molecule has 0 saturated carbocycles. The Morgan fingerprint density at radius 2 is 1.90 bits per heavy atom. The minimum absolute atomic E-state index is 0.0393. The summed E-state index contributed by atoms with van der Waals surface area (Å²) < 4.78 is 23.0. The van der Waals surface area contributed by atoms with Crippen molar-refractivity contribution in [1.82, 2.24) is 0 Å². The molecule has 0 unspecified atom stereocenters. The molecule has 2 aromatic rings. The minimum atomic E-state index is -3.71. The first-order valence-electron chi connectivity index (χ1n) is 5.71. The Balaban J connectivity index is 2.17. The van der Waals surface area contributed by atoms with Crippen molar-refractivity contribution < 1.29 is 13.5 Å². The van der Waals surface area contributed by atoms with Gasteiger partial charge in [-0.3, -0.25) is 0 Å². The van der Waals surface area contributed by atoms with Crippen molar-refractivity contribution in [1.29, 1.82) is 0 Å². The van der Waals surface area contributed by atoms with E-state index in [1.54, 1.807) is 24.3 Å². The number of para-hydroxylation sites is 1. The quantitative estimate of drug-likeness (QED) is 0.784. The van der Waals surface area contributed by atoms with Crippen LogP contribution in [0.1, 0.15) is 5.56 Å². The normalized spacial score (nSPS) is 11.3. The molecule has 0 bridgehead atoms. The van der Waals surface area contributed by atoms with Crippen LogP contribution in [0.3, 0.4) is 0 Å². The molecular weight excluding hydrogens is 344 g/mol. The van der Waals surface area contributed by atoms with E-state index in [0.29, 0.717) is 16.7 Å². The van der Waals surface area contributed by atoms with Crippen LogP contribution in [0.2, 0.25) is 0 Å². The second-order valence-corrected chi connectivity index (χ2v) is 6.58. The fourth-order valence-electron chi connectivity index (χ4n) is 1.67. The van der Waals surface area contributed by atoms with Crippen LogP contribution in [0.25, 0.3) is 0 Å². The van der Waals surface area contributed by atoms with Gasteiger partial charge in [0.2, 0.25) is 10.0 Å². The van der Waals surface area contributed by atoms with E-state index in [2.05, 4.69) is 21.2 Å². The Labute approximate surface area is 125 Å². The lowest BCUT2D eigenvalue weighted by Gasteiger charge is -2.10. The maximum absolute atomic E-state index is 11.2. The Morgan fingerprint density at radius 3 is 2.50 bits per heavy atom. The fraction of sp³-hybridized carbons (Fsp3) is 0.0769. The largest absolute Gasteiger partial charge is 0.508 e. The monoisotopic (exact) mass is 356 g/mol. The molecule has 0 aliphatic heterocycles. The average Bonchev–Trinajstić information content (AvgIpc) is 2.38. The van der Waals surface area contributed by atoms with Crippen LogP contribution in [-0.4, -0.2) is 13.5 Å². The van der Waals surface area contributed by atoms with Gasteiger partial charge in [-0.05, 0) is 40.2 Å². The third kappa shape index (κ3) is 3.50. The van der Waals surface area contributed by atoms with Gasteiger partial charge in [0, 0.05) is 22.3 Å². The van der Waals surface area contributed by atoms with Gasteiger partial charge in [-0.25, -0.2) is 13.6 Å². The van der Waals surface area contributed by atoms with Crippen molar-refractivity contribution in [2.24, 2.45) is 5.14 Å². The van der Waals surface area contributed by atoms with Crippen molar-refractivity contribution in [2.45, 2.75) is 11.4 Å². The number of halogens is 1. The summed E-state index contributed by atoms with van der Waals surface area (Å²) in [5.74, 6) is 0.206. The second kappa shape index (κ2) is 5.82. The van der Waals surface area contributed by atoms with Crippen LogP contribution in [0.5, 0.6) is 5.75 Å². The van der Waals surface area contributed by atoms with Gasteiger partial charge in [-0.2, -0.15) is 0 Å². The summed E-state index contributed by atoms with van der Waals surface area (Å²) >= 11 is 3.29. The molecule has 0 atom stereocenters. The molecule has 0 heterocycles. The Morgan fingerprint density at radius 1 is 1.20 bits per heavy atom. The zero-order valence-electron chi connectivity index (χ0n) is 10.4. The van der Waals surface area contributed by atoms with E-state index in [-0.39, 0.29) is 10.6 Å². The molecule has 0 radical (unpaired) electrons. The summed E-state index contributed by atoms with van der Waals surface area (Å²) in [5, 5.41) is 17.8. The molecule has 0 fully saturated rings. The number of hydrogen-bond donors (Lipinski definition) is 3. The van der Waals surface area contributed by atoms with E-state index in [1.165, 1.54) is 12.1 Å². The van der Waals surface area contributed by atoms with Gasteiger partial charge < -0.3 is 10.4 Å². The van der Waals surface area contributed by atoms with Gasteiger partial charge in [0.1, 0.15) is 5.75 Å². The SMILES string of the molecule is NS(=O)(=O)c1ccc(NCc2ccccc2O)c(Br)c1. The molecule has 0 aromatic heterocycles. The van der Waals surface area contributed by atoms with Gasteiger partial charge in [-0.1, -0.05) is 18.2 Å². The van der Waals surface area contributed by atoms with E-state index in [4.69, 9.17) is 5.14 Å². The third-order valence-corrected chi connectivity index (χ3v) is 4.30. The number of anilines is 1. The minimum Gasteiger partial charge on any atom is -0.508 e. The summed E-state index contributed by atoms with van der Waals surface area (Å²) in [6.07, 6.45) is 0. The first-order chi connectivity index (χ1) is 9.38. The van der Waals surface area contributed by atoms with Crippen LogP contribution >= 0.6 is 15.9 Å². The number of phenolic OH excluding ortho intramolecular Hbond substituents is 1. The van der Waals surface area contributed by atoms with Crippen LogP contribution in [0, 0.1) is 0 Å². The van der Waals surface area contributed by atoms with E-state index in [1.807, 2.05) is 6.07 Å². The highest BCUT2D eigenvalue weighted by atomic mass is 79.9. The zero-order chi connectivity index (χ0) is 14.8. The molecule has 0 aliphatic carbocycles. The highest BCUT2D eigenvalue weighted by Crippen LogP contribution is 2.26. The summed E-state index contributed by atoms with van der Waals surface area (Å²) in [4.78, 5) is 0.0393. The van der Waals surface area contributed by atoms with E-state index >= 15 is 0 Å². The molecule has 0 amide bonds. The predicted octanol–water partition coefficient (Wildman–Crippen LogP) is 2.41. The lowest BCUT2D eigenvalue weighted by Crippen LogP contribution is -2.12. The van der Waals surface area contributed by atoms with Crippen molar-refractivity contribution in [2.75, 3.05) is 5.32 Å². The Kier molecular flexibility index (Phi) is 4.32. The molecule has 4 N–H and O–H groups in total. The van der Waals surface area contributed by atoms with Crippen molar-refractivity contribution >= 4 is 31.6 Å². The molecule has 20 heavy (non-hydrogen) atoms. The molecule has 5 nitrogen and oxygen atoms in total. The maximum atomic E-state index is 11.2. The van der Waals surface area contributed by atoms with E-state index < -0.39 is 10.0 Å². The van der Waals surface area contributed by atoms with Crippen LogP contribution < -0.4 is 10.5 Å². The summed E-state index contributed by atoms with van der Waals surface area (Å²) in [6, 6.07) is 11.5. The highest BCUT2D eigenvalue weighted by Gasteiger charge is 2.10. The van der Waals surface area contributed by atoms with Crippen molar-refractivity contribution in [3.63, 3.8) is 0 Å². The first-order valence-corrected chi connectivity index (χ1v) is 8.05. The lowest BCUT2D eigenvalue weighted by molar-refractivity contribution is 0.469. The van der Waals surface area contributed by atoms with Crippen LogP contribution in [-0.2, 0) is 16.6 Å². The molecule has 2 rings (SSSR count). The Hall–Kier alpha value is -1.57. The van der Waals surface area contributed by atoms with E-state index in [0.717, 1.165) is 5.56 Å². The number of nitrogens with one attached hydrogen (secondary N) is 1. The standard InChI is InChI=1S/C13H13BrN2O3S/c14-11-7-10(20(15,18)19)5-6-12(11)16-8-9-3-1-2-4-13(9)17/h1-7,16-17H,8H2,(H2,15,18,19). The van der Waals surface area contributed by atoms with Crippen molar-refractivity contribution in [3.8, 4) is 5.75 Å². The molecule has 7 heteroatoms. The van der Waals surface area contributed by atoms with Gasteiger partial charge in [-0.15, -0.1) is 0 Å². The van der Waals surface area contributed by atoms with Crippen molar-refractivity contribution in [3.05, 3.63) is 52.5 Å². The summed E-state index contributed by atoms with van der Waals surface area (Å²) in [6.45, 7) is 0.417. The Bertz CT molecular complexity index is 732. The van der Waals surface area contributed by atoms with Crippen LogP contribution in [0.15, 0.2) is 51.8 Å². The van der Waals surface area contributed by atoms with Gasteiger partial charge in [0.15, 0.2) is 0 Å². The summed E-state index contributed by atoms with van der Waals surface area (Å²) in [7, 11) is -3.71. The predicted molar refractivity (Wildman–Crippen MR) is 80.9 cm³/mol.